The van der Waals surface area contributed by atoms with E-state index in [1.165, 1.54) is 20.0 Å². The summed E-state index contributed by atoms with van der Waals surface area (Å²) in [6.07, 6.45) is 2.48. The minimum atomic E-state index is -0.292. The number of hydrogen-bond donors (Lipinski definition) is 1. The van der Waals surface area contributed by atoms with Crippen molar-refractivity contribution in [3.8, 4) is 5.75 Å². The van der Waals surface area contributed by atoms with Crippen LogP contribution in [0.5, 0.6) is 5.75 Å². The molecule has 1 aliphatic carbocycles. The topological polar surface area (TPSA) is 21.3 Å². The molecule has 1 aliphatic rings. The van der Waals surface area contributed by atoms with Gasteiger partial charge in [-0.05, 0) is 37.5 Å². The van der Waals surface area contributed by atoms with Crippen molar-refractivity contribution in [1.29, 1.82) is 0 Å². The van der Waals surface area contributed by atoms with Crippen LogP contribution in [0.25, 0.3) is 0 Å². The number of rotatable bonds is 4. The van der Waals surface area contributed by atoms with Gasteiger partial charge in [-0.1, -0.05) is 6.07 Å². The summed E-state index contributed by atoms with van der Waals surface area (Å²) in [4.78, 5) is 0. The first kappa shape index (κ1) is 10.4. The molecular weight excluding hydrogens is 193 g/mol. The first-order valence-corrected chi connectivity index (χ1v) is 5.30. The Labute approximate surface area is 89.4 Å². The van der Waals surface area contributed by atoms with Gasteiger partial charge in [0.2, 0.25) is 0 Å². The highest BCUT2D eigenvalue weighted by Gasteiger charge is 2.23. The molecule has 0 saturated heterocycles. The summed E-state index contributed by atoms with van der Waals surface area (Å²) in [6.45, 7) is 2.06. The molecule has 15 heavy (non-hydrogen) atoms. The van der Waals surface area contributed by atoms with Gasteiger partial charge in [0.15, 0.2) is 11.6 Å². The van der Waals surface area contributed by atoms with Crippen LogP contribution in [0.15, 0.2) is 18.2 Å². The molecule has 82 valence electrons. The van der Waals surface area contributed by atoms with Crippen molar-refractivity contribution >= 4 is 0 Å². The fourth-order valence-corrected chi connectivity index (χ4v) is 1.65. The van der Waals surface area contributed by atoms with Gasteiger partial charge in [0.1, 0.15) is 0 Å². The molecule has 0 radical (unpaired) electrons. The normalized spacial score (nSPS) is 17.5. The third-order valence-electron chi connectivity index (χ3n) is 2.74. The maximum absolute atomic E-state index is 13.4. The predicted octanol–water partition coefficient (Wildman–Crippen LogP) is 2.65. The second kappa shape index (κ2) is 4.19. The lowest BCUT2D eigenvalue weighted by atomic mass is 10.1. The van der Waals surface area contributed by atoms with E-state index in [2.05, 4.69) is 12.2 Å². The number of methoxy groups -OCH3 is 1. The summed E-state index contributed by atoms with van der Waals surface area (Å²) >= 11 is 0. The average Bonchev–Trinajstić information content (AvgIpc) is 3.01. The lowest BCUT2D eigenvalue weighted by Crippen LogP contribution is -2.20. The molecule has 1 unspecified atom stereocenters. The number of hydrogen-bond acceptors (Lipinski definition) is 2. The van der Waals surface area contributed by atoms with Gasteiger partial charge >= 0.3 is 0 Å². The minimum Gasteiger partial charge on any atom is -0.494 e. The summed E-state index contributed by atoms with van der Waals surface area (Å²) in [7, 11) is 1.48. The molecule has 1 atom stereocenters. The third-order valence-corrected chi connectivity index (χ3v) is 2.74. The van der Waals surface area contributed by atoms with E-state index in [9.17, 15) is 4.39 Å². The number of benzene rings is 1. The lowest BCUT2D eigenvalue weighted by Gasteiger charge is -2.14. The van der Waals surface area contributed by atoms with E-state index in [0.717, 1.165) is 5.56 Å². The number of ether oxygens (including phenoxy) is 1. The van der Waals surface area contributed by atoms with Crippen molar-refractivity contribution in [1.82, 2.24) is 5.32 Å². The lowest BCUT2D eigenvalue weighted by molar-refractivity contribution is 0.385. The van der Waals surface area contributed by atoms with Crippen LogP contribution in [0, 0.1) is 5.82 Å². The van der Waals surface area contributed by atoms with E-state index >= 15 is 0 Å². The second-order valence-corrected chi connectivity index (χ2v) is 4.06. The molecule has 1 aromatic rings. The van der Waals surface area contributed by atoms with Gasteiger partial charge in [-0.25, -0.2) is 4.39 Å². The van der Waals surface area contributed by atoms with Gasteiger partial charge in [-0.15, -0.1) is 0 Å². The SMILES string of the molecule is COc1ccc(C(C)NC2CC2)cc1F. The summed E-state index contributed by atoms with van der Waals surface area (Å²) in [5, 5.41) is 3.43. The van der Waals surface area contributed by atoms with Gasteiger partial charge in [0, 0.05) is 12.1 Å². The Morgan fingerprint density at radius 1 is 1.47 bits per heavy atom. The van der Waals surface area contributed by atoms with Gasteiger partial charge < -0.3 is 10.1 Å². The molecule has 0 heterocycles. The summed E-state index contributed by atoms with van der Waals surface area (Å²) < 4.78 is 18.3. The van der Waals surface area contributed by atoms with Crippen molar-refractivity contribution in [2.45, 2.75) is 31.8 Å². The van der Waals surface area contributed by atoms with E-state index in [1.807, 2.05) is 6.07 Å². The Kier molecular flexibility index (Phi) is 2.91. The largest absolute Gasteiger partial charge is 0.494 e. The fraction of sp³-hybridized carbons (Fsp3) is 0.500. The summed E-state index contributed by atoms with van der Waals surface area (Å²) in [5.74, 6) is 0.0109. The zero-order valence-corrected chi connectivity index (χ0v) is 9.09. The molecule has 2 rings (SSSR count). The molecule has 1 saturated carbocycles. The highest BCUT2D eigenvalue weighted by Crippen LogP contribution is 2.26. The van der Waals surface area contributed by atoms with E-state index in [4.69, 9.17) is 4.74 Å². The van der Waals surface area contributed by atoms with Gasteiger partial charge in [-0.3, -0.25) is 0 Å². The Balaban J connectivity index is 2.09. The van der Waals surface area contributed by atoms with E-state index < -0.39 is 0 Å². The van der Waals surface area contributed by atoms with E-state index in [1.54, 1.807) is 12.1 Å². The molecule has 0 spiro atoms. The smallest absolute Gasteiger partial charge is 0.165 e. The van der Waals surface area contributed by atoms with Crippen molar-refractivity contribution in [2.75, 3.05) is 7.11 Å². The molecule has 0 aromatic heterocycles. The van der Waals surface area contributed by atoms with Crippen molar-refractivity contribution in [2.24, 2.45) is 0 Å². The molecule has 3 heteroatoms. The molecule has 0 aliphatic heterocycles. The maximum atomic E-state index is 13.4. The number of nitrogens with one attached hydrogen (secondary N) is 1. The molecule has 0 amide bonds. The number of halogens is 1. The van der Waals surface area contributed by atoms with Crippen molar-refractivity contribution < 1.29 is 9.13 Å². The van der Waals surface area contributed by atoms with E-state index in [0.29, 0.717) is 11.8 Å². The van der Waals surface area contributed by atoms with Crippen LogP contribution in [0.3, 0.4) is 0 Å². The zero-order chi connectivity index (χ0) is 10.8. The molecular formula is C12H16FNO. The first-order chi connectivity index (χ1) is 7.20. The molecule has 1 N–H and O–H groups in total. The average molecular weight is 209 g/mol. The van der Waals surface area contributed by atoms with Crippen LogP contribution >= 0.6 is 0 Å². The molecule has 0 bridgehead atoms. The van der Waals surface area contributed by atoms with Gasteiger partial charge in [0.25, 0.3) is 0 Å². The van der Waals surface area contributed by atoms with Crippen LogP contribution in [-0.4, -0.2) is 13.2 Å². The maximum Gasteiger partial charge on any atom is 0.165 e. The highest BCUT2D eigenvalue weighted by molar-refractivity contribution is 5.30. The molecule has 2 nitrogen and oxygen atoms in total. The monoisotopic (exact) mass is 209 g/mol. The van der Waals surface area contributed by atoms with Crippen molar-refractivity contribution in [3.05, 3.63) is 29.6 Å². The Hall–Kier alpha value is -1.09. The van der Waals surface area contributed by atoms with Crippen LogP contribution in [-0.2, 0) is 0 Å². The van der Waals surface area contributed by atoms with Gasteiger partial charge in [-0.2, -0.15) is 0 Å². The van der Waals surface area contributed by atoms with Crippen LogP contribution in [0.1, 0.15) is 31.4 Å². The fourth-order valence-electron chi connectivity index (χ4n) is 1.65. The highest BCUT2D eigenvalue weighted by atomic mass is 19.1. The van der Waals surface area contributed by atoms with Crippen LogP contribution < -0.4 is 10.1 Å². The summed E-state index contributed by atoms with van der Waals surface area (Å²) in [5.41, 5.74) is 0.972. The Morgan fingerprint density at radius 2 is 2.20 bits per heavy atom. The second-order valence-electron chi connectivity index (χ2n) is 4.06. The first-order valence-electron chi connectivity index (χ1n) is 5.30. The predicted molar refractivity (Wildman–Crippen MR) is 57.5 cm³/mol. The standard InChI is InChI=1S/C12H16FNO/c1-8(14-10-4-5-10)9-3-6-12(15-2)11(13)7-9/h3,6-8,10,14H,4-5H2,1-2H3. The molecule has 1 fully saturated rings. The van der Waals surface area contributed by atoms with Crippen LogP contribution in [0.2, 0.25) is 0 Å². The summed E-state index contributed by atoms with van der Waals surface area (Å²) in [6, 6.07) is 5.96. The Bertz CT molecular complexity index is 349. The molecule has 1 aromatic carbocycles. The minimum absolute atomic E-state index is 0.206. The van der Waals surface area contributed by atoms with Crippen LogP contribution in [0.4, 0.5) is 4.39 Å². The van der Waals surface area contributed by atoms with E-state index in [-0.39, 0.29) is 11.9 Å². The quantitative estimate of drug-likeness (QED) is 0.823. The zero-order valence-electron chi connectivity index (χ0n) is 9.09. The Morgan fingerprint density at radius 3 is 2.73 bits per heavy atom. The third kappa shape index (κ3) is 2.48. The van der Waals surface area contributed by atoms with Gasteiger partial charge in [0.05, 0.1) is 7.11 Å². The van der Waals surface area contributed by atoms with Crippen molar-refractivity contribution in [3.63, 3.8) is 0 Å².